The summed E-state index contributed by atoms with van der Waals surface area (Å²) in [4.78, 5) is 0. The molecule has 6 heteroatoms. The fraction of sp³-hybridized carbons (Fsp3) is 0.500. The Hall–Kier alpha value is -1.40. The highest BCUT2D eigenvalue weighted by Gasteiger charge is 2.45. The molecule has 0 radical (unpaired) electrons. The standard InChI is InChI=1S/C12H15F2NO3/c1-11(2,6-16)10(15)7-4-3-5-8-9(7)18-12(13,14)17-8/h3-5,10,16H,6,15H2,1-2H3/t10-/m0/s1. The second-order valence-electron chi connectivity index (χ2n) is 4.97. The van der Waals surface area contributed by atoms with Crippen molar-refractivity contribution in [3.8, 4) is 11.5 Å². The molecular formula is C12H15F2NO3. The number of para-hydroxylation sites is 1. The van der Waals surface area contributed by atoms with E-state index in [4.69, 9.17) is 5.73 Å². The zero-order valence-electron chi connectivity index (χ0n) is 10.1. The highest BCUT2D eigenvalue weighted by molar-refractivity contribution is 5.50. The molecular weight excluding hydrogens is 244 g/mol. The zero-order chi connectivity index (χ0) is 13.6. The molecule has 1 aliphatic heterocycles. The maximum Gasteiger partial charge on any atom is 0.586 e. The maximum absolute atomic E-state index is 13.0. The normalized spacial score (nSPS) is 18.8. The molecule has 0 spiro atoms. The van der Waals surface area contributed by atoms with Gasteiger partial charge in [-0.1, -0.05) is 26.0 Å². The third kappa shape index (κ3) is 2.13. The average molecular weight is 259 g/mol. The van der Waals surface area contributed by atoms with Crippen LogP contribution in [0.2, 0.25) is 0 Å². The molecule has 1 aromatic rings. The molecule has 0 amide bonds. The minimum Gasteiger partial charge on any atom is -0.396 e. The van der Waals surface area contributed by atoms with Crippen LogP contribution >= 0.6 is 0 Å². The topological polar surface area (TPSA) is 64.7 Å². The van der Waals surface area contributed by atoms with Crippen LogP contribution in [0.1, 0.15) is 25.5 Å². The van der Waals surface area contributed by atoms with Gasteiger partial charge in [0.1, 0.15) is 0 Å². The van der Waals surface area contributed by atoms with Gasteiger partial charge in [0.15, 0.2) is 11.5 Å². The lowest BCUT2D eigenvalue weighted by Gasteiger charge is -2.30. The van der Waals surface area contributed by atoms with Crippen molar-refractivity contribution in [1.82, 2.24) is 0 Å². The number of hydrogen-bond acceptors (Lipinski definition) is 4. The molecule has 0 unspecified atom stereocenters. The molecule has 0 saturated heterocycles. The summed E-state index contributed by atoms with van der Waals surface area (Å²) in [5, 5.41) is 9.28. The highest BCUT2D eigenvalue weighted by Crippen LogP contribution is 2.47. The van der Waals surface area contributed by atoms with E-state index >= 15 is 0 Å². The van der Waals surface area contributed by atoms with Gasteiger partial charge < -0.3 is 20.3 Å². The fourth-order valence-electron chi connectivity index (χ4n) is 1.75. The van der Waals surface area contributed by atoms with Crippen LogP contribution in [0.25, 0.3) is 0 Å². The second-order valence-corrected chi connectivity index (χ2v) is 4.97. The number of ether oxygens (including phenoxy) is 2. The van der Waals surface area contributed by atoms with Gasteiger partial charge >= 0.3 is 6.29 Å². The van der Waals surface area contributed by atoms with E-state index in [1.54, 1.807) is 26.0 Å². The van der Waals surface area contributed by atoms with Crippen molar-refractivity contribution >= 4 is 0 Å². The van der Waals surface area contributed by atoms with Crippen LogP contribution in [0.5, 0.6) is 11.5 Å². The van der Waals surface area contributed by atoms with Crippen LogP contribution in [-0.2, 0) is 0 Å². The summed E-state index contributed by atoms with van der Waals surface area (Å²) < 4.78 is 34.9. The molecule has 100 valence electrons. The van der Waals surface area contributed by atoms with Crippen molar-refractivity contribution in [1.29, 1.82) is 0 Å². The van der Waals surface area contributed by atoms with E-state index in [1.807, 2.05) is 0 Å². The Balaban J connectivity index is 2.41. The van der Waals surface area contributed by atoms with Gasteiger partial charge in [0.05, 0.1) is 0 Å². The monoisotopic (exact) mass is 259 g/mol. The summed E-state index contributed by atoms with van der Waals surface area (Å²) in [6, 6.07) is 3.89. The van der Waals surface area contributed by atoms with E-state index in [1.165, 1.54) is 6.07 Å². The summed E-state index contributed by atoms with van der Waals surface area (Å²) in [6.45, 7) is 3.31. The van der Waals surface area contributed by atoms with Crippen molar-refractivity contribution in [2.45, 2.75) is 26.2 Å². The Morgan fingerprint density at radius 1 is 1.39 bits per heavy atom. The first kappa shape index (κ1) is 13.0. The van der Waals surface area contributed by atoms with Crippen LogP contribution in [0.3, 0.4) is 0 Å². The van der Waals surface area contributed by atoms with Crippen molar-refractivity contribution in [2.24, 2.45) is 11.1 Å². The second kappa shape index (κ2) is 4.07. The number of alkyl halides is 2. The summed E-state index contributed by atoms with van der Waals surface area (Å²) in [7, 11) is 0. The van der Waals surface area contributed by atoms with Crippen molar-refractivity contribution in [3.63, 3.8) is 0 Å². The molecule has 3 N–H and O–H groups in total. The molecule has 18 heavy (non-hydrogen) atoms. The molecule has 2 rings (SSSR count). The van der Waals surface area contributed by atoms with Gasteiger partial charge in [-0.05, 0) is 6.07 Å². The van der Waals surface area contributed by atoms with Crippen LogP contribution in [0, 0.1) is 5.41 Å². The number of aliphatic hydroxyl groups excluding tert-OH is 1. The number of hydrogen-bond donors (Lipinski definition) is 2. The molecule has 1 aliphatic rings. The van der Waals surface area contributed by atoms with Crippen molar-refractivity contribution < 1.29 is 23.4 Å². The van der Waals surface area contributed by atoms with Gasteiger partial charge in [0, 0.05) is 23.6 Å². The molecule has 0 aromatic heterocycles. The lowest BCUT2D eigenvalue weighted by atomic mass is 9.81. The Kier molecular flexibility index (Phi) is 2.95. The predicted molar refractivity (Wildman–Crippen MR) is 60.4 cm³/mol. The summed E-state index contributed by atoms with van der Waals surface area (Å²) in [5.74, 6) is -0.0989. The van der Waals surface area contributed by atoms with Gasteiger partial charge in [-0.2, -0.15) is 0 Å². The molecule has 0 fully saturated rings. The Bertz CT molecular complexity index is 463. The predicted octanol–water partition coefficient (Wildman–Crippen LogP) is 2.03. The van der Waals surface area contributed by atoms with Gasteiger partial charge in [-0.3, -0.25) is 0 Å². The van der Waals surface area contributed by atoms with E-state index in [2.05, 4.69) is 9.47 Å². The van der Waals surface area contributed by atoms with E-state index in [9.17, 15) is 13.9 Å². The van der Waals surface area contributed by atoms with E-state index in [-0.39, 0.29) is 18.1 Å². The number of rotatable bonds is 3. The van der Waals surface area contributed by atoms with Gasteiger partial charge in [-0.15, -0.1) is 8.78 Å². The van der Waals surface area contributed by atoms with Crippen LogP contribution < -0.4 is 15.2 Å². The summed E-state index contributed by atoms with van der Waals surface area (Å²) in [5.41, 5.74) is 5.74. The molecule has 1 atom stereocenters. The minimum atomic E-state index is -3.67. The van der Waals surface area contributed by atoms with Crippen molar-refractivity contribution in [2.75, 3.05) is 6.61 Å². The third-order valence-corrected chi connectivity index (χ3v) is 3.04. The quantitative estimate of drug-likeness (QED) is 0.871. The first-order chi connectivity index (χ1) is 8.27. The van der Waals surface area contributed by atoms with Crippen molar-refractivity contribution in [3.05, 3.63) is 23.8 Å². The Morgan fingerprint density at radius 3 is 2.67 bits per heavy atom. The van der Waals surface area contributed by atoms with E-state index < -0.39 is 17.8 Å². The smallest absolute Gasteiger partial charge is 0.396 e. The molecule has 1 heterocycles. The number of fused-ring (bicyclic) bond motifs is 1. The van der Waals surface area contributed by atoms with Gasteiger partial charge in [0.25, 0.3) is 0 Å². The molecule has 0 aliphatic carbocycles. The largest absolute Gasteiger partial charge is 0.586 e. The molecule has 0 bridgehead atoms. The average Bonchev–Trinajstić information content (AvgIpc) is 2.61. The Labute approximate surface area is 103 Å². The van der Waals surface area contributed by atoms with Crippen LogP contribution in [0.15, 0.2) is 18.2 Å². The minimum absolute atomic E-state index is 0.0401. The van der Waals surface area contributed by atoms with Crippen LogP contribution in [-0.4, -0.2) is 18.0 Å². The lowest BCUT2D eigenvalue weighted by Crippen LogP contribution is -2.33. The maximum atomic E-state index is 13.0. The first-order valence-electron chi connectivity index (χ1n) is 5.52. The SMILES string of the molecule is CC(C)(CO)[C@@H](N)c1cccc2c1OC(F)(F)O2. The van der Waals surface area contributed by atoms with E-state index in [0.717, 1.165) is 0 Å². The number of nitrogens with two attached hydrogens (primary N) is 1. The number of benzene rings is 1. The summed E-state index contributed by atoms with van der Waals surface area (Å²) >= 11 is 0. The lowest BCUT2D eigenvalue weighted by molar-refractivity contribution is -0.287. The zero-order valence-corrected chi connectivity index (χ0v) is 10.1. The first-order valence-corrected chi connectivity index (χ1v) is 5.52. The van der Waals surface area contributed by atoms with Gasteiger partial charge in [0.2, 0.25) is 0 Å². The third-order valence-electron chi connectivity index (χ3n) is 3.04. The fourth-order valence-corrected chi connectivity index (χ4v) is 1.75. The number of aliphatic hydroxyl groups is 1. The highest BCUT2D eigenvalue weighted by atomic mass is 19.3. The molecule has 1 aromatic carbocycles. The van der Waals surface area contributed by atoms with Gasteiger partial charge in [-0.25, -0.2) is 0 Å². The molecule has 0 saturated carbocycles. The molecule has 4 nitrogen and oxygen atoms in total. The Morgan fingerprint density at radius 2 is 2.06 bits per heavy atom. The van der Waals surface area contributed by atoms with Crippen LogP contribution in [0.4, 0.5) is 8.78 Å². The van der Waals surface area contributed by atoms with E-state index in [0.29, 0.717) is 5.56 Å². The number of halogens is 2. The summed E-state index contributed by atoms with van der Waals surface area (Å²) in [6.07, 6.45) is -3.67.